The molecule has 3 aromatic rings. The summed E-state index contributed by atoms with van der Waals surface area (Å²) in [6.07, 6.45) is 5.27. The van der Waals surface area contributed by atoms with Crippen molar-refractivity contribution in [3.05, 3.63) is 89.7 Å². The van der Waals surface area contributed by atoms with Crippen LogP contribution in [0.3, 0.4) is 0 Å². The molecule has 0 spiro atoms. The number of nitrogens with zero attached hydrogens (tertiary/aromatic N) is 2. The number of carbonyl (C=O) groups excluding carboxylic acids is 2. The zero-order chi connectivity index (χ0) is 24.0. The van der Waals surface area contributed by atoms with Crippen molar-refractivity contribution in [1.29, 1.82) is 0 Å². The summed E-state index contributed by atoms with van der Waals surface area (Å²) in [6.45, 7) is 1.50. The van der Waals surface area contributed by atoms with Crippen LogP contribution in [0.2, 0.25) is 5.02 Å². The van der Waals surface area contributed by atoms with Crippen LogP contribution >= 0.6 is 11.6 Å². The third kappa shape index (κ3) is 5.48. The number of primary amides is 1. The van der Waals surface area contributed by atoms with E-state index in [2.05, 4.69) is 20.5 Å². The van der Waals surface area contributed by atoms with Gasteiger partial charge < -0.3 is 21.3 Å². The molecule has 3 amide bonds. The van der Waals surface area contributed by atoms with Gasteiger partial charge in [-0.1, -0.05) is 41.9 Å². The first-order chi connectivity index (χ1) is 16.5. The van der Waals surface area contributed by atoms with Gasteiger partial charge in [-0.05, 0) is 60.7 Å². The molecule has 0 aliphatic carbocycles. The number of nitrogens with one attached hydrogen (secondary N) is 2. The van der Waals surface area contributed by atoms with Crippen molar-refractivity contribution in [2.75, 3.05) is 23.3 Å². The van der Waals surface area contributed by atoms with E-state index >= 15 is 0 Å². The fourth-order valence-corrected chi connectivity index (χ4v) is 4.77. The van der Waals surface area contributed by atoms with E-state index in [0.29, 0.717) is 30.0 Å². The lowest BCUT2D eigenvalue weighted by atomic mass is 9.73. The number of hydrogen-bond acceptors (Lipinski definition) is 4. The molecule has 8 heteroatoms. The first-order valence-electron chi connectivity index (χ1n) is 11.3. The van der Waals surface area contributed by atoms with Gasteiger partial charge in [0.05, 0.1) is 0 Å². The van der Waals surface area contributed by atoms with Crippen molar-refractivity contribution in [3.63, 3.8) is 0 Å². The number of amides is 3. The molecule has 0 unspecified atom stereocenters. The number of piperidine rings is 1. The standard InChI is InChI=1S/C26H28ClN5O2/c27-21-6-8-22(9-7-21)30-25(34)31-26(24(28)33,18-19-4-2-1-3-5-19)20-12-16-32(17-13-20)23-10-14-29-15-11-23/h1-11,14-15,20H,12-13,16-18H2,(H2,28,33)(H2,30,31,34)/t26-/m1/s1. The summed E-state index contributed by atoms with van der Waals surface area (Å²) in [5.74, 6) is -0.663. The zero-order valence-corrected chi connectivity index (χ0v) is 19.5. The molecule has 1 saturated heterocycles. The number of hydrogen-bond donors (Lipinski definition) is 3. The van der Waals surface area contributed by atoms with Crippen molar-refractivity contribution >= 4 is 34.9 Å². The van der Waals surface area contributed by atoms with E-state index in [9.17, 15) is 9.59 Å². The first-order valence-corrected chi connectivity index (χ1v) is 11.7. The molecule has 0 saturated carbocycles. The normalized spacial score (nSPS) is 15.9. The van der Waals surface area contributed by atoms with Crippen LogP contribution in [0, 0.1) is 5.92 Å². The second-order valence-corrected chi connectivity index (χ2v) is 8.99. The molecule has 1 aliphatic heterocycles. The lowest BCUT2D eigenvalue weighted by Gasteiger charge is -2.44. The van der Waals surface area contributed by atoms with E-state index in [-0.39, 0.29) is 5.92 Å². The molecule has 0 bridgehead atoms. The highest BCUT2D eigenvalue weighted by Gasteiger charge is 2.46. The van der Waals surface area contributed by atoms with Crippen molar-refractivity contribution in [1.82, 2.24) is 10.3 Å². The smallest absolute Gasteiger partial charge is 0.320 e. The Morgan fingerprint density at radius 1 is 1.00 bits per heavy atom. The Kier molecular flexibility index (Phi) is 7.33. The SMILES string of the molecule is NC(=O)[C@](Cc1ccccc1)(NC(=O)Nc1ccc(Cl)cc1)C1CCN(c2ccncc2)CC1. The number of anilines is 2. The second-order valence-electron chi connectivity index (χ2n) is 8.55. The Labute approximate surface area is 204 Å². The molecule has 0 radical (unpaired) electrons. The highest BCUT2D eigenvalue weighted by molar-refractivity contribution is 6.30. The maximum absolute atomic E-state index is 13.1. The molecule has 1 aliphatic rings. The maximum Gasteiger partial charge on any atom is 0.320 e. The van der Waals surface area contributed by atoms with Crippen LogP contribution in [-0.2, 0) is 11.2 Å². The summed E-state index contributed by atoms with van der Waals surface area (Å²) in [4.78, 5) is 32.5. The summed E-state index contributed by atoms with van der Waals surface area (Å²) < 4.78 is 0. The van der Waals surface area contributed by atoms with Crippen LogP contribution in [0.4, 0.5) is 16.2 Å². The van der Waals surface area contributed by atoms with E-state index in [0.717, 1.165) is 24.3 Å². The molecule has 34 heavy (non-hydrogen) atoms. The zero-order valence-electron chi connectivity index (χ0n) is 18.8. The Balaban J connectivity index is 1.57. The lowest BCUT2D eigenvalue weighted by molar-refractivity contribution is -0.126. The fourth-order valence-electron chi connectivity index (χ4n) is 4.64. The molecule has 1 atom stereocenters. The van der Waals surface area contributed by atoms with Gasteiger partial charge in [0.15, 0.2) is 0 Å². The molecular formula is C26H28ClN5O2. The van der Waals surface area contributed by atoms with Crippen molar-refractivity contribution in [2.45, 2.75) is 24.8 Å². The number of carbonyl (C=O) groups is 2. The third-order valence-corrected chi connectivity index (χ3v) is 6.68. The summed E-state index contributed by atoms with van der Waals surface area (Å²) in [6, 6.07) is 19.9. The van der Waals surface area contributed by atoms with Gasteiger partial charge in [0, 0.05) is 48.3 Å². The van der Waals surface area contributed by atoms with Gasteiger partial charge in [-0.3, -0.25) is 9.78 Å². The fraction of sp³-hybridized carbons (Fsp3) is 0.269. The average molecular weight is 478 g/mol. The van der Waals surface area contributed by atoms with E-state index in [4.69, 9.17) is 17.3 Å². The molecule has 1 fully saturated rings. The highest BCUT2D eigenvalue weighted by atomic mass is 35.5. The van der Waals surface area contributed by atoms with Gasteiger partial charge in [-0.15, -0.1) is 0 Å². The second kappa shape index (κ2) is 10.6. The van der Waals surface area contributed by atoms with Crippen molar-refractivity contribution in [2.24, 2.45) is 11.7 Å². The first kappa shape index (κ1) is 23.6. The van der Waals surface area contributed by atoms with Crippen molar-refractivity contribution in [3.8, 4) is 0 Å². The van der Waals surface area contributed by atoms with Gasteiger partial charge >= 0.3 is 6.03 Å². The van der Waals surface area contributed by atoms with Crippen LogP contribution in [0.25, 0.3) is 0 Å². The number of rotatable bonds is 7. The molecule has 176 valence electrons. The Hall–Kier alpha value is -3.58. The maximum atomic E-state index is 13.1. The van der Waals surface area contributed by atoms with Gasteiger partial charge in [-0.2, -0.15) is 0 Å². The molecule has 2 heterocycles. The average Bonchev–Trinajstić information content (AvgIpc) is 2.86. The number of aromatic nitrogens is 1. The van der Waals surface area contributed by atoms with Gasteiger partial charge in [0.2, 0.25) is 5.91 Å². The molecule has 4 N–H and O–H groups in total. The number of benzene rings is 2. The molecule has 7 nitrogen and oxygen atoms in total. The number of urea groups is 1. The summed E-state index contributed by atoms with van der Waals surface area (Å²) in [5, 5.41) is 6.36. The van der Waals surface area contributed by atoms with E-state index in [1.54, 1.807) is 36.7 Å². The minimum absolute atomic E-state index is 0.126. The quantitative estimate of drug-likeness (QED) is 0.473. The molecule has 2 aromatic carbocycles. The van der Waals surface area contributed by atoms with E-state index in [1.807, 2.05) is 42.5 Å². The van der Waals surface area contributed by atoms with Crippen molar-refractivity contribution < 1.29 is 9.59 Å². The molecule has 4 rings (SSSR count). The predicted octanol–water partition coefficient (Wildman–Crippen LogP) is 4.24. The topological polar surface area (TPSA) is 100 Å². The summed E-state index contributed by atoms with van der Waals surface area (Å²) >= 11 is 5.95. The van der Waals surface area contributed by atoms with E-state index in [1.165, 1.54) is 0 Å². The van der Waals surface area contributed by atoms with E-state index < -0.39 is 17.5 Å². The number of halogens is 1. The Bertz CT molecular complexity index is 1100. The Morgan fingerprint density at radius 2 is 1.65 bits per heavy atom. The summed E-state index contributed by atoms with van der Waals surface area (Å²) in [7, 11) is 0. The number of pyridine rings is 1. The number of nitrogens with two attached hydrogens (primary N) is 1. The minimum atomic E-state index is -1.23. The van der Waals surface area contributed by atoms with Crippen LogP contribution in [-0.4, -0.2) is 35.6 Å². The monoisotopic (exact) mass is 477 g/mol. The predicted molar refractivity (Wildman–Crippen MR) is 135 cm³/mol. The molecular weight excluding hydrogens is 450 g/mol. The Morgan fingerprint density at radius 3 is 2.26 bits per heavy atom. The van der Waals surface area contributed by atoms with Crippen LogP contribution in [0.1, 0.15) is 18.4 Å². The van der Waals surface area contributed by atoms with Gasteiger partial charge in [0.1, 0.15) is 5.54 Å². The van der Waals surface area contributed by atoms with Crippen LogP contribution < -0.4 is 21.3 Å². The largest absolute Gasteiger partial charge is 0.371 e. The highest BCUT2D eigenvalue weighted by Crippen LogP contribution is 2.33. The molecule has 1 aromatic heterocycles. The minimum Gasteiger partial charge on any atom is -0.371 e. The third-order valence-electron chi connectivity index (χ3n) is 6.42. The van der Waals surface area contributed by atoms with Crippen LogP contribution in [0.15, 0.2) is 79.1 Å². The summed E-state index contributed by atoms with van der Waals surface area (Å²) in [5.41, 5.74) is 7.41. The van der Waals surface area contributed by atoms with Crippen LogP contribution in [0.5, 0.6) is 0 Å². The van der Waals surface area contributed by atoms with Gasteiger partial charge in [-0.25, -0.2) is 4.79 Å². The lowest BCUT2D eigenvalue weighted by Crippen LogP contribution is -2.65. The van der Waals surface area contributed by atoms with Gasteiger partial charge in [0.25, 0.3) is 0 Å².